The van der Waals surface area contributed by atoms with Crippen LogP contribution in [-0.4, -0.2) is 35.7 Å². The van der Waals surface area contributed by atoms with E-state index in [2.05, 4.69) is 0 Å². The first-order valence-corrected chi connectivity index (χ1v) is 6.26. The number of halogens is 1. The van der Waals surface area contributed by atoms with E-state index >= 15 is 0 Å². The van der Waals surface area contributed by atoms with Gasteiger partial charge in [-0.1, -0.05) is 13.0 Å². The zero-order chi connectivity index (χ0) is 14.4. The summed E-state index contributed by atoms with van der Waals surface area (Å²) in [6.07, 6.45) is 0.839. The Morgan fingerprint density at radius 2 is 2.21 bits per heavy atom. The van der Waals surface area contributed by atoms with Gasteiger partial charge in [-0.15, -0.1) is 0 Å². The molecule has 0 amide bonds. The average Bonchev–Trinajstić information content (AvgIpc) is 2.36. The maximum atomic E-state index is 13.6. The lowest BCUT2D eigenvalue weighted by Gasteiger charge is -2.26. The van der Waals surface area contributed by atoms with Crippen LogP contribution in [0.5, 0.6) is 5.75 Å². The second kappa shape index (κ2) is 7.09. The Kier molecular flexibility index (Phi) is 5.76. The van der Waals surface area contributed by atoms with Crippen molar-refractivity contribution in [3.8, 4) is 5.75 Å². The summed E-state index contributed by atoms with van der Waals surface area (Å²) in [7, 11) is 1.41. The van der Waals surface area contributed by atoms with E-state index in [1.807, 2.05) is 18.7 Å². The summed E-state index contributed by atoms with van der Waals surface area (Å²) in [5.74, 6) is -1.12. The molecule has 1 aromatic carbocycles. The monoisotopic (exact) mass is 269 g/mol. The number of methoxy groups -OCH3 is 1. The van der Waals surface area contributed by atoms with Crippen LogP contribution in [0.3, 0.4) is 0 Å². The minimum absolute atomic E-state index is 0.0529. The fraction of sp³-hybridized carbons (Fsp3) is 0.500. The number of benzene rings is 1. The summed E-state index contributed by atoms with van der Waals surface area (Å²) >= 11 is 0. The highest BCUT2D eigenvalue weighted by Crippen LogP contribution is 2.19. The van der Waals surface area contributed by atoms with Gasteiger partial charge in [0.1, 0.15) is 0 Å². The zero-order valence-corrected chi connectivity index (χ0v) is 11.5. The molecule has 0 aliphatic rings. The van der Waals surface area contributed by atoms with Gasteiger partial charge in [0.15, 0.2) is 11.6 Å². The molecule has 0 aromatic heterocycles. The Labute approximate surface area is 112 Å². The zero-order valence-electron chi connectivity index (χ0n) is 11.5. The first-order chi connectivity index (χ1) is 8.97. The fourth-order valence-corrected chi connectivity index (χ4v) is 1.84. The van der Waals surface area contributed by atoms with Crippen molar-refractivity contribution in [1.29, 1.82) is 0 Å². The SMILES string of the molecule is CCC(C)N(CC(=O)O)Cc1ccc(OC)c(F)c1. The molecule has 106 valence electrons. The minimum Gasteiger partial charge on any atom is -0.494 e. The average molecular weight is 269 g/mol. The largest absolute Gasteiger partial charge is 0.494 e. The summed E-state index contributed by atoms with van der Waals surface area (Å²) in [6, 6.07) is 4.82. The van der Waals surface area contributed by atoms with Crippen molar-refractivity contribution in [2.75, 3.05) is 13.7 Å². The molecule has 1 unspecified atom stereocenters. The Morgan fingerprint density at radius 1 is 1.53 bits per heavy atom. The lowest BCUT2D eigenvalue weighted by Crippen LogP contribution is -2.36. The molecule has 0 aliphatic carbocycles. The van der Waals surface area contributed by atoms with Crippen molar-refractivity contribution < 1.29 is 19.0 Å². The summed E-state index contributed by atoms with van der Waals surface area (Å²) < 4.78 is 18.4. The van der Waals surface area contributed by atoms with Crippen LogP contribution in [-0.2, 0) is 11.3 Å². The van der Waals surface area contributed by atoms with E-state index in [-0.39, 0.29) is 18.3 Å². The fourth-order valence-electron chi connectivity index (χ4n) is 1.84. The molecular weight excluding hydrogens is 249 g/mol. The van der Waals surface area contributed by atoms with E-state index in [1.165, 1.54) is 13.2 Å². The van der Waals surface area contributed by atoms with Crippen molar-refractivity contribution in [2.45, 2.75) is 32.9 Å². The van der Waals surface area contributed by atoms with E-state index in [1.54, 1.807) is 12.1 Å². The molecule has 4 nitrogen and oxygen atoms in total. The van der Waals surface area contributed by atoms with Crippen molar-refractivity contribution in [1.82, 2.24) is 4.90 Å². The number of aliphatic carboxylic acids is 1. The molecule has 0 fully saturated rings. The molecule has 19 heavy (non-hydrogen) atoms. The second-order valence-corrected chi connectivity index (χ2v) is 4.52. The molecule has 0 heterocycles. The van der Waals surface area contributed by atoms with Crippen molar-refractivity contribution in [3.05, 3.63) is 29.6 Å². The molecule has 0 saturated heterocycles. The highest BCUT2D eigenvalue weighted by atomic mass is 19.1. The van der Waals surface area contributed by atoms with Gasteiger partial charge < -0.3 is 9.84 Å². The van der Waals surface area contributed by atoms with Gasteiger partial charge in [0.25, 0.3) is 0 Å². The van der Waals surface area contributed by atoms with Crippen molar-refractivity contribution in [2.24, 2.45) is 0 Å². The van der Waals surface area contributed by atoms with Crippen LogP contribution < -0.4 is 4.74 Å². The maximum Gasteiger partial charge on any atom is 0.317 e. The van der Waals surface area contributed by atoms with E-state index < -0.39 is 11.8 Å². The summed E-state index contributed by atoms with van der Waals surface area (Å²) in [5, 5.41) is 8.91. The van der Waals surface area contributed by atoms with Crippen LogP contribution in [0, 0.1) is 5.82 Å². The predicted molar refractivity (Wildman–Crippen MR) is 70.8 cm³/mol. The summed E-state index contributed by atoms with van der Waals surface area (Å²) in [4.78, 5) is 12.7. The highest BCUT2D eigenvalue weighted by molar-refractivity contribution is 5.69. The Bertz CT molecular complexity index is 437. The third-order valence-corrected chi connectivity index (χ3v) is 3.15. The normalized spacial score (nSPS) is 12.5. The molecular formula is C14H20FNO3. The van der Waals surface area contributed by atoms with Gasteiger partial charge in [-0.3, -0.25) is 9.69 Å². The third-order valence-electron chi connectivity index (χ3n) is 3.15. The Hall–Kier alpha value is -1.62. The number of nitrogens with zero attached hydrogens (tertiary/aromatic N) is 1. The highest BCUT2D eigenvalue weighted by Gasteiger charge is 2.16. The first-order valence-electron chi connectivity index (χ1n) is 6.26. The molecule has 0 saturated carbocycles. The number of carboxylic acid groups (broad SMARTS) is 1. The molecule has 1 N–H and O–H groups in total. The van der Waals surface area contributed by atoms with Gasteiger partial charge in [-0.05, 0) is 31.0 Å². The standard InChI is InChI=1S/C14H20FNO3/c1-4-10(2)16(9-14(17)18)8-11-5-6-13(19-3)12(15)7-11/h5-7,10H,4,8-9H2,1-3H3,(H,17,18). The van der Waals surface area contributed by atoms with E-state index in [0.29, 0.717) is 6.54 Å². The van der Waals surface area contributed by atoms with E-state index in [9.17, 15) is 9.18 Å². The lowest BCUT2D eigenvalue weighted by atomic mass is 10.1. The van der Waals surface area contributed by atoms with Crippen molar-refractivity contribution >= 4 is 5.97 Å². The summed E-state index contributed by atoms with van der Waals surface area (Å²) in [6.45, 7) is 4.31. The second-order valence-electron chi connectivity index (χ2n) is 4.52. The van der Waals surface area contributed by atoms with Gasteiger partial charge in [0, 0.05) is 12.6 Å². The van der Waals surface area contributed by atoms with Gasteiger partial charge in [0.05, 0.1) is 13.7 Å². The molecule has 0 spiro atoms. The van der Waals surface area contributed by atoms with E-state index in [4.69, 9.17) is 9.84 Å². The molecule has 1 atom stereocenters. The van der Waals surface area contributed by atoms with Gasteiger partial charge in [0.2, 0.25) is 0 Å². The minimum atomic E-state index is -0.880. The Balaban J connectivity index is 2.83. The molecule has 0 bridgehead atoms. The number of rotatable bonds is 7. The predicted octanol–water partition coefficient (Wildman–Crippen LogP) is 2.52. The lowest BCUT2D eigenvalue weighted by molar-refractivity contribution is -0.139. The van der Waals surface area contributed by atoms with Crippen LogP contribution in [0.15, 0.2) is 18.2 Å². The smallest absolute Gasteiger partial charge is 0.317 e. The van der Waals surface area contributed by atoms with Crippen LogP contribution >= 0.6 is 0 Å². The molecule has 1 rings (SSSR count). The number of carbonyl (C=O) groups is 1. The quantitative estimate of drug-likeness (QED) is 0.826. The first kappa shape index (κ1) is 15.4. The Morgan fingerprint density at radius 3 is 2.68 bits per heavy atom. The van der Waals surface area contributed by atoms with Gasteiger partial charge in [-0.25, -0.2) is 4.39 Å². The third kappa shape index (κ3) is 4.52. The number of hydrogen-bond donors (Lipinski definition) is 1. The molecule has 5 heteroatoms. The van der Waals surface area contributed by atoms with Gasteiger partial charge in [-0.2, -0.15) is 0 Å². The molecule has 0 radical (unpaired) electrons. The number of hydrogen-bond acceptors (Lipinski definition) is 3. The number of carboxylic acids is 1. The van der Waals surface area contributed by atoms with E-state index in [0.717, 1.165) is 12.0 Å². The van der Waals surface area contributed by atoms with Crippen LogP contribution in [0.4, 0.5) is 4.39 Å². The maximum absolute atomic E-state index is 13.6. The van der Waals surface area contributed by atoms with Crippen LogP contribution in [0.1, 0.15) is 25.8 Å². The van der Waals surface area contributed by atoms with Crippen LogP contribution in [0.25, 0.3) is 0 Å². The topological polar surface area (TPSA) is 49.8 Å². The van der Waals surface area contributed by atoms with Gasteiger partial charge >= 0.3 is 5.97 Å². The summed E-state index contributed by atoms with van der Waals surface area (Å²) in [5.41, 5.74) is 0.736. The van der Waals surface area contributed by atoms with Crippen molar-refractivity contribution in [3.63, 3.8) is 0 Å². The van der Waals surface area contributed by atoms with Crippen LogP contribution in [0.2, 0.25) is 0 Å². The number of ether oxygens (including phenoxy) is 1. The molecule has 1 aromatic rings. The molecule has 0 aliphatic heterocycles.